The predicted octanol–water partition coefficient (Wildman–Crippen LogP) is 2.94. The second kappa shape index (κ2) is 5.87. The van der Waals surface area contributed by atoms with Crippen LogP contribution in [0.5, 0.6) is 0 Å². The van der Waals surface area contributed by atoms with E-state index >= 15 is 0 Å². The van der Waals surface area contributed by atoms with Crippen molar-refractivity contribution in [1.29, 1.82) is 0 Å². The van der Waals surface area contributed by atoms with Crippen LogP contribution in [0.25, 0.3) is 0 Å². The molecular formula is C13H15FN4OS. The maximum absolute atomic E-state index is 12.8. The van der Waals surface area contributed by atoms with E-state index in [-0.39, 0.29) is 23.6 Å². The summed E-state index contributed by atoms with van der Waals surface area (Å²) in [6.07, 6.45) is 0. The van der Waals surface area contributed by atoms with Crippen LogP contribution in [-0.4, -0.2) is 16.9 Å². The summed E-state index contributed by atoms with van der Waals surface area (Å²) < 4.78 is 12.8. The van der Waals surface area contributed by atoms with Crippen molar-refractivity contribution in [3.63, 3.8) is 0 Å². The van der Waals surface area contributed by atoms with E-state index < -0.39 is 0 Å². The van der Waals surface area contributed by atoms with Gasteiger partial charge < -0.3 is 16.4 Å². The van der Waals surface area contributed by atoms with Gasteiger partial charge in [0.05, 0.1) is 0 Å². The molecule has 0 saturated heterocycles. The number of carbonyl (C=O) groups is 1. The Kier molecular flexibility index (Phi) is 4.19. The SMILES string of the molecule is CC(C)Nc1nc(N)c(C(=O)Nc2ccc(F)cc2)s1. The van der Waals surface area contributed by atoms with Gasteiger partial charge in [0.2, 0.25) is 0 Å². The fourth-order valence-electron chi connectivity index (χ4n) is 1.52. The quantitative estimate of drug-likeness (QED) is 0.810. The molecule has 1 heterocycles. The Hall–Kier alpha value is -2.15. The van der Waals surface area contributed by atoms with E-state index in [1.165, 1.54) is 35.6 Å². The van der Waals surface area contributed by atoms with Gasteiger partial charge in [0.15, 0.2) is 5.13 Å². The number of anilines is 3. The Morgan fingerprint density at radius 1 is 1.35 bits per heavy atom. The van der Waals surface area contributed by atoms with Gasteiger partial charge in [-0.2, -0.15) is 0 Å². The molecule has 106 valence electrons. The molecule has 0 aliphatic carbocycles. The van der Waals surface area contributed by atoms with Crippen molar-refractivity contribution < 1.29 is 9.18 Å². The predicted molar refractivity (Wildman–Crippen MR) is 79.6 cm³/mol. The van der Waals surface area contributed by atoms with Crippen molar-refractivity contribution in [2.24, 2.45) is 0 Å². The number of aromatic nitrogens is 1. The molecule has 4 N–H and O–H groups in total. The Morgan fingerprint density at radius 3 is 2.60 bits per heavy atom. The van der Waals surface area contributed by atoms with E-state index in [4.69, 9.17) is 5.73 Å². The van der Waals surface area contributed by atoms with Crippen LogP contribution in [0.2, 0.25) is 0 Å². The van der Waals surface area contributed by atoms with Crippen molar-refractivity contribution in [3.8, 4) is 0 Å². The average Bonchev–Trinajstić information content (AvgIpc) is 2.72. The number of nitrogens with one attached hydrogen (secondary N) is 2. The molecule has 5 nitrogen and oxygen atoms in total. The first kappa shape index (κ1) is 14.3. The molecule has 0 atom stereocenters. The highest BCUT2D eigenvalue weighted by molar-refractivity contribution is 7.18. The Labute approximate surface area is 120 Å². The first-order chi connectivity index (χ1) is 9.45. The van der Waals surface area contributed by atoms with Gasteiger partial charge >= 0.3 is 0 Å². The second-order valence-electron chi connectivity index (χ2n) is 4.49. The molecule has 7 heteroatoms. The number of amides is 1. The molecule has 20 heavy (non-hydrogen) atoms. The minimum atomic E-state index is -0.358. The number of benzene rings is 1. The maximum Gasteiger partial charge on any atom is 0.269 e. The number of hydrogen-bond acceptors (Lipinski definition) is 5. The van der Waals surface area contributed by atoms with Crippen molar-refractivity contribution in [2.75, 3.05) is 16.4 Å². The molecule has 2 rings (SSSR count). The maximum atomic E-state index is 12.8. The molecule has 0 aliphatic rings. The molecule has 0 bridgehead atoms. The first-order valence-corrected chi connectivity index (χ1v) is 6.87. The van der Waals surface area contributed by atoms with Crippen molar-refractivity contribution in [1.82, 2.24) is 4.98 Å². The van der Waals surface area contributed by atoms with Crippen LogP contribution in [0.3, 0.4) is 0 Å². The fourth-order valence-corrected chi connectivity index (χ4v) is 2.45. The van der Waals surface area contributed by atoms with E-state index in [0.717, 1.165) is 0 Å². The number of carbonyl (C=O) groups excluding carboxylic acids is 1. The summed E-state index contributed by atoms with van der Waals surface area (Å²) in [5.41, 5.74) is 6.24. The van der Waals surface area contributed by atoms with Crippen molar-refractivity contribution >= 4 is 33.9 Å². The lowest BCUT2D eigenvalue weighted by Crippen LogP contribution is -2.12. The zero-order valence-electron chi connectivity index (χ0n) is 11.1. The van der Waals surface area contributed by atoms with Gasteiger partial charge in [-0.05, 0) is 38.1 Å². The number of rotatable bonds is 4. The minimum absolute atomic E-state index is 0.178. The van der Waals surface area contributed by atoms with Crippen LogP contribution >= 0.6 is 11.3 Å². The standard InChI is InChI=1S/C13H15FN4OS/c1-7(2)16-13-18-11(15)10(20-13)12(19)17-9-5-3-8(14)4-6-9/h3-7H,15H2,1-2H3,(H,16,18)(H,17,19). The zero-order chi connectivity index (χ0) is 14.7. The van der Waals surface area contributed by atoms with E-state index in [0.29, 0.717) is 15.7 Å². The van der Waals surface area contributed by atoms with Gasteiger partial charge in [-0.1, -0.05) is 11.3 Å². The average molecular weight is 294 g/mol. The van der Waals surface area contributed by atoms with Crippen LogP contribution in [0.15, 0.2) is 24.3 Å². The molecule has 1 aromatic heterocycles. The van der Waals surface area contributed by atoms with Gasteiger partial charge in [-0.3, -0.25) is 4.79 Å². The van der Waals surface area contributed by atoms with E-state index in [2.05, 4.69) is 15.6 Å². The summed E-state index contributed by atoms with van der Waals surface area (Å²) in [6, 6.07) is 5.72. The molecule has 0 radical (unpaired) electrons. The van der Waals surface area contributed by atoms with E-state index in [9.17, 15) is 9.18 Å². The summed E-state index contributed by atoms with van der Waals surface area (Å²) in [6.45, 7) is 3.94. The van der Waals surface area contributed by atoms with Gasteiger partial charge in [-0.15, -0.1) is 0 Å². The lowest BCUT2D eigenvalue weighted by atomic mass is 10.3. The molecule has 0 spiro atoms. The van der Waals surface area contributed by atoms with Crippen LogP contribution in [0.4, 0.5) is 21.0 Å². The number of halogens is 1. The number of hydrogen-bond donors (Lipinski definition) is 3. The second-order valence-corrected chi connectivity index (χ2v) is 5.49. The molecule has 2 aromatic rings. The van der Waals surface area contributed by atoms with Crippen molar-refractivity contribution in [2.45, 2.75) is 19.9 Å². The third kappa shape index (κ3) is 3.45. The summed E-state index contributed by atoms with van der Waals surface area (Å²) in [5, 5.41) is 6.34. The topological polar surface area (TPSA) is 80.0 Å². The largest absolute Gasteiger partial charge is 0.382 e. The highest BCUT2D eigenvalue weighted by atomic mass is 32.1. The van der Waals surface area contributed by atoms with Gasteiger partial charge in [-0.25, -0.2) is 9.37 Å². The number of nitrogens with zero attached hydrogens (tertiary/aromatic N) is 1. The van der Waals surface area contributed by atoms with Crippen molar-refractivity contribution in [3.05, 3.63) is 35.0 Å². The van der Waals surface area contributed by atoms with Crippen LogP contribution in [0, 0.1) is 5.82 Å². The summed E-state index contributed by atoms with van der Waals surface area (Å²) >= 11 is 1.18. The molecule has 1 aromatic carbocycles. The highest BCUT2D eigenvalue weighted by Gasteiger charge is 2.16. The molecule has 0 unspecified atom stereocenters. The summed E-state index contributed by atoms with van der Waals surface area (Å²) in [7, 11) is 0. The normalized spacial score (nSPS) is 10.6. The molecule has 0 saturated carbocycles. The number of nitrogen functional groups attached to an aromatic ring is 1. The molecule has 0 aliphatic heterocycles. The third-order valence-electron chi connectivity index (χ3n) is 2.37. The van der Waals surface area contributed by atoms with Gasteiger partial charge in [0.25, 0.3) is 5.91 Å². The van der Waals surface area contributed by atoms with Crippen LogP contribution in [0.1, 0.15) is 23.5 Å². The zero-order valence-corrected chi connectivity index (χ0v) is 11.9. The highest BCUT2D eigenvalue weighted by Crippen LogP contribution is 2.26. The molecule has 0 fully saturated rings. The first-order valence-electron chi connectivity index (χ1n) is 6.05. The van der Waals surface area contributed by atoms with Gasteiger partial charge in [0.1, 0.15) is 16.5 Å². The van der Waals surface area contributed by atoms with Crippen LogP contribution < -0.4 is 16.4 Å². The van der Waals surface area contributed by atoms with Crippen LogP contribution in [-0.2, 0) is 0 Å². The Balaban J connectivity index is 2.12. The smallest absolute Gasteiger partial charge is 0.269 e. The van der Waals surface area contributed by atoms with E-state index in [1.54, 1.807) is 0 Å². The van der Waals surface area contributed by atoms with E-state index in [1.807, 2.05) is 13.8 Å². The lowest BCUT2D eigenvalue weighted by molar-refractivity contribution is 0.103. The number of nitrogens with two attached hydrogens (primary N) is 1. The van der Waals surface area contributed by atoms with Gasteiger partial charge in [0, 0.05) is 11.7 Å². The summed E-state index contributed by atoms with van der Waals surface area (Å²) in [5.74, 6) is -0.537. The lowest BCUT2D eigenvalue weighted by Gasteiger charge is -2.04. The molecular weight excluding hydrogens is 279 g/mol. The molecule has 1 amide bonds. The third-order valence-corrected chi connectivity index (χ3v) is 3.37. The number of thiazole rings is 1. The monoisotopic (exact) mass is 294 g/mol. The fraction of sp³-hybridized carbons (Fsp3) is 0.231. The summed E-state index contributed by atoms with van der Waals surface area (Å²) in [4.78, 5) is 16.5. The Morgan fingerprint density at radius 2 is 2.00 bits per heavy atom. The minimum Gasteiger partial charge on any atom is -0.382 e. The Bertz CT molecular complexity index is 609.